The summed E-state index contributed by atoms with van der Waals surface area (Å²) in [7, 11) is -1.02. The maximum Gasteiger partial charge on any atom is 0.697 e. The summed E-state index contributed by atoms with van der Waals surface area (Å²) in [5.41, 5.74) is 12.1. The van der Waals surface area contributed by atoms with Crippen LogP contribution in [-0.2, 0) is 23.1 Å². The molecule has 3 fully saturated rings. The number of fused-ring (bicyclic) bond motifs is 3. The van der Waals surface area contributed by atoms with Gasteiger partial charge in [0.25, 0.3) is 5.56 Å². The zero-order valence-electron chi connectivity index (χ0n) is 21.9. The highest BCUT2D eigenvalue weighted by atomic mass is 31.1. The smallest absolute Gasteiger partial charge is 0.388 e. The fraction of sp³-hybridized carbons (Fsp3) is 0.565. The van der Waals surface area contributed by atoms with E-state index in [1.807, 2.05) is 0 Å². The summed E-state index contributed by atoms with van der Waals surface area (Å²) < 4.78 is 39.4. The third kappa shape index (κ3) is 4.19. The number of anilines is 2. The van der Waals surface area contributed by atoms with Crippen LogP contribution in [0.1, 0.15) is 31.5 Å². The first-order valence-corrected chi connectivity index (χ1v) is 14.1. The molecule has 2 saturated carbocycles. The number of nitrogens with zero attached hydrogens (tertiary/aromatic N) is 7. The second-order valence-corrected chi connectivity index (χ2v) is 11.6. The van der Waals surface area contributed by atoms with Gasteiger partial charge in [-0.25, -0.2) is 19.9 Å². The monoisotopic (exact) mass is 587 g/mol. The Morgan fingerprint density at radius 2 is 1.98 bits per heavy atom. The molecule has 3 aliphatic rings. The van der Waals surface area contributed by atoms with Crippen molar-refractivity contribution in [1.82, 2.24) is 39.0 Å². The molecule has 8 atom stereocenters. The minimum absolute atomic E-state index is 0.00376. The molecule has 18 heteroatoms. The van der Waals surface area contributed by atoms with Gasteiger partial charge in [0.2, 0.25) is 5.95 Å². The standard InChI is InChI=1S/C23H27N10O7P/c1-37-6-23-4-11(23)15(33-9-28-13-18(24)26-7-27-19(13)33)16(34)17(23)40-41(36)38-5-10-2-3-12(39-10)32-8-29-14-20(32)30-22(25)31-21(14)35/h7-12,15-17,34H,2-6H2,1H3,(H4-,24,25,26,27,30,31,35)/p+1/t10-,11+,12+,15+,16-,17-,23+/m0/s1. The van der Waals surface area contributed by atoms with Crippen molar-refractivity contribution in [1.29, 1.82) is 0 Å². The van der Waals surface area contributed by atoms with Crippen molar-refractivity contribution in [2.24, 2.45) is 11.3 Å². The molecule has 41 heavy (non-hydrogen) atoms. The molecule has 1 saturated heterocycles. The summed E-state index contributed by atoms with van der Waals surface area (Å²) in [5.74, 6) is 0.213. The van der Waals surface area contributed by atoms with Gasteiger partial charge in [0.05, 0.1) is 31.4 Å². The number of nitrogens with one attached hydrogen (secondary N) is 1. The Kier molecular flexibility index (Phi) is 6.26. The summed E-state index contributed by atoms with van der Waals surface area (Å²) in [6.07, 6.45) is 3.65. The molecule has 216 valence electrons. The molecule has 4 aromatic rings. The van der Waals surface area contributed by atoms with Crippen molar-refractivity contribution in [3.63, 3.8) is 0 Å². The third-order valence-electron chi connectivity index (χ3n) is 8.35. The second-order valence-electron chi connectivity index (χ2n) is 10.7. The van der Waals surface area contributed by atoms with Crippen LogP contribution in [0.4, 0.5) is 11.8 Å². The summed E-state index contributed by atoms with van der Waals surface area (Å²) in [6.45, 7) is 0.320. The van der Waals surface area contributed by atoms with Crippen LogP contribution in [0.5, 0.6) is 0 Å². The fourth-order valence-corrected chi connectivity index (χ4v) is 7.33. The Morgan fingerprint density at radius 1 is 1.17 bits per heavy atom. The van der Waals surface area contributed by atoms with E-state index in [1.54, 1.807) is 22.6 Å². The number of rotatable bonds is 9. The number of ether oxygens (including phenoxy) is 2. The molecular formula is C23H28N10O7P+. The lowest BCUT2D eigenvalue weighted by Crippen LogP contribution is -2.37. The first-order chi connectivity index (χ1) is 19.8. The SMILES string of the molecule is COC[C@]12C[C@@H]1[C@@H](n1cnc3c(N)ncnc31)[C@H](O)[C@@H]2O[P+](=O)OC[C@@H]1CC[C@H](n2cnc3c(=O)[nH]c(N)nc32)O1. The highest BCUT2D eigenvalue weighted by Gasteiger charge is 2.74. The van der Waals surface area contributed by atoms with Gasteiger partial charge in [-0.3, -0.25) is 14.3 Å². The summed E-state index contributed by atoms with van der Waals surface area (Å²) in [4.78, 5) is 35.4. The minimum atomic E-state index is -2.60. The molecule has 17 nitrogen and oxygen atoms in total. The van der Waals surface area contributed by atoms with Gasteiger partial charge in [0.1, 0.15) is 30.8 Å². The number of methoxy groups -OCH3 is 1. The first kappa shape index (κ1) is 26.3. The Morgan fingerprint density at radius 3 is 2.80 bits per heavy atom. The largest absolute Gasteiger partial charge is 0.697 e. The van der Waals surface area contributed by atoms with Crippen LogP contribution >= 0.6 is 8.25 Å². The van der Waals surface area contributed by atoms with Crippen molar-refractivity contribution >= 4 is 42.3 Å². The molecule has 0 spiro atoms. The van der Waals surface area contributed by atoms with Crippen LogP contribution in [0, 0.1) is 11.3 Å². The molecule has 2 aliphatic carbocycles. The fourth-order valence-electron chi connectivity index (χ4n) is 6.46. The van der Waals surface area contributed by atoms with Gasteiger partial charge in [-0.15, -0.1) is 9.05 Å². The molecule has 7 rings (SSSR count). The second kappa shape index (κ2) is 9.75. The molecule has 0 radical (unpaired) electrons. The number of H-pyrrole nitrogens is 1. The Bertz CT molecular complexity index is 1710. The number of nitrogens with two attached hydrogens (primary N) is 2. The number of hydrogen-bond donors (Lipinski definition) is 4. The lowest BCUT2D eigenvalue weighted by atomic mass is 10.0. The van der Waals surface area contributed by atoms with Gasteiger partial charge >= 0.3 is 8.25 Å². The summed E-state index contributed by atoms with van der Waals surface area (Å²) >= 11 is 0. The Labute approximate surface area is 232 Å². The van der Waals surface area contributed by atoms with Gasteiger partial charge < -0.3 is 30.6 Å². The number of imidazole rings is 2. The average molecular weight is 588 g/mol. The zero-order chi connectivity index (χ0) is 28.5. The maximum atomic E-state index is 13.0. The Hall–Kier alpha value is -3.60. The van der Waals surface area contributed by atoms with Crippen molar-refractivity contribution in [3.8, 4) is 0 Å². The Balaban J connectivity index is 1.02. The summed E-state index contributed by atoms with van der Waals surface area (Å²) in [6, 6.07) is -0.434. The molecule has 6 N–H and O–H groups in total. The molecule has 0 bridgehead atoms. The number of hydrogen-bond acceptors (Lipinski definition) is 14. The van der Waals surface area contributed by atoms with E-state index in [-0.39, 0.29) is 35.9 Å². The van der Waals surface area contributed by atoms with E-state index in [4.69, 9.17) is 30.0 Å². The molecule has 1 unspecified atom stereocenters. The van der Waals surface area contributed by atoms with Gasteiger partial charge in [0.15, 0.2) is 28.7 Å². The quantitative estimate of drug-likeness (QED) is 0.194. The van der Waals surface area contributed by atoms with Crippen LogP contribution < -0.4 is 17.0 Å². The van der Waals surface area contributed by atoms with Crippen molar-refractivity contribution < 1.29 is 28.2 Å². The number of nitrogen functional groups attached to an aromatic ring is 2. The first-order valence-electron chi connectivity index (χ1n) is 13.1. The minimum Gasteiger partial charge on any atom is -0.388 e. The molecule has 0 amide bonds. The molecule has 0 aromatic carbocycles. The van der Waals surface area contributed by atoms with Crippen molar-refractivity contribution in [3.05, 3.63) is 29.3 Å². The van der Waals surface area contributed by atoms with E-state index in [2.05, 4.69) is 29.9 Å². The zero-order valence-corrected chi connectivity index (χ0v) is 22.8. The molecule has 4 aromatic heterocycles. The lowest BCUT2D eigenvalue weighted by molar-refractivity contribution is -0.0359. The normalized spacial score (nSPS) is 31.2. The van der Waals surface area contributed by atoms with Gasteiger partial charge in [0, 0.05) is 17.1 Å². The number of aliphatic hydroxyl groups excluding tert-OH is 1. The third-order valence-corrected chi connectivity index (χ3v) is 9.11. The van der Waals surface area contributed by atoms with Crippen LogP contribution in [0.25, 0.3) is 22.3 Å². The highest BCUT2D eigenvalue weighted by Crippen LogP contribution is 2.69. The van der Waals surface area contributed by atoms with Gasteiger partial charge in [-0.05, 0) is 25.2 Å². The van der Waals surface area contributed by atoms with E-state index < -0.39 is 43.7 Å². The van der Waals surface area contributed by atoms with Crippen LogP contribution in [0.2, 0.25) is 0 Å². The van der Waals surface area contributed by atoms with E-state index in [0.717, 1.165) is 0 Å². The maximum absolute atomic E-state index is 13.0. The lowest BCUT2D eigenvalue weighted by Gasteiger charge is -2.23. The van der Waals surface area contributed by atoms with E-state index in [0.29, 0.717) is 42.7 Å². The van der Waals surface area contributed by atoms with Gasteiger partial charge in [-0.2, -0.15) is 4.98 Å². The molecule has 5 heterocycles. The summed E-state index contributed by atoms with van der Waals surface area (Å²) in [5, 5.41) is 11.4. The predicted molar refractivity (Wildman–Crippen MR) is 141 cm³/mol. The molecular weight excluding hydrogens is 559 g/mol. The highest BCUT2D eigenvalue weighted by molar-refractivity contribution is 7.33. The van der Waals surface area contributed by atoms with Crippen LogP contribution in [0.15, 0.2) is 23.8 Å². The van der Waals surface area contributed by atoms with E-state index in [9.17, 15) is 14.5 Å². The van der Waals surface area contributed by atoms with E-state index in [1.165, 1.54) is 12.7 Å². The van der Waals surface area contributed by atoms with Crippen LogP contribution in [0.3, 0.4) is 0 Å². The topological polar surface area (TPSA) is 233 Å². The predicted octanol–water partition coefficient (Wildman–Crippen LogP) is 0.429. The van der Waals surface area contributed by atoms with Crippen molar-refractivity contribution in [2.45, 2.75) is 49.8 Å². The van der Waals surface area contributed by atoms with Gasteiger partial charge in [-0.1, -0.05) is 0 Å². The number of aromatic amines is 1. The van der Waals surface area contributed by atoms with E-state index >= 15 is 0 Å². The average Bonchev–Trinajstić information content (AvgIpc) is 3.37. The number of aromatic nitrogens is 8. The number of aliphatic hydroxyl groups is 1. The van der Waals surface area contributed by atoms with Crippen molar-refractivity contribution in [2.75, 3.05) is 31.8 Å². The molecule has 1 aliphatic heterocycles. The van der Waals surface area contributed by atoms with Crippen LogP contribution in [-0.4, -0.2) is 82.8 Å².